The minimum Gasteiger partial charge on any atom is -0.444 e. The zero-order valence-electron chi connectivity index (χ0n) is 12.9. The van der Waals surface area contributed by atoms with Crippen LogP contribution in [-0.4, -0.2) is 41.1 Å². The second kappa shape index (κ2) is 7.89. The molecule has 1 heterocycles. The Morgan fingerprint density at radius 1 is 1.35 bits per heavy atom. The number of alkyl carbamates (subject to hydrolysis) is 1. The molecule has 0 unspecified atom stereocenters. The monoisotopic (exact) mass is 282 g/mol. The average molecular weight is 282 g/mol. The largest absolute Gasteiger partial charge is 0.444 e. The Morgan fingerprint density at radius 3 is 2.70 bits per heavy atom. The van der Waals surface area contributed by atoms with Crippen molar-refractivity contribution in [2.45, 2.75) is 39.2 Å². The van der Waals surface area contributed by atoms with Crippen molar-refractivity contribution in [1.82, 2.24) is 20.4 Å². The van der Waals surface area contributed by atoms with E-state index in [1.54, 1.807) is 4.68 Å². The number of hydrogen-bond donors (Lipinski definition) is 2. The second-order valence-corrected chi connectivity index (χ2v) is 5.80. The van der Waals surface area contributed by atoms with E-state index in [9.17, 15) is 4.79 Å². The van der Waals surface area contributed by atoms with E-state index in [1.165, 1.54) is 5.56 Å². The predicted molar refractivity (Wildman–Crippen MR) is 78.6 cm³/mol. The normalized spacial score (nSPS) is 11.4. The summed E-state index contributed by atoms with van der Waals surface area (Å²) in [5.74, 6) is 0. The van der Waals surface area contributed by atoms with Gasteiger partial charge >= 0.3 is 6.09 Å². The Labute approximate surface area is 120 Å². The van der Waals surface area contributed by atoms with E-state index in [4.69, 9.17) is 4.74 Å². The van der Waals surface area contributed by atoms with Crippen LogP contribution in [0.1, 0.15) is 32.8 Å². The molecular weight excluding hydrogens is 256 g/mol. The molecule has 1 rings (SSSR count). The molecule has 1 amide bonds. The van der Waals surface area contributed by atoms with Crippen LogP contribution in [0.2, 0.25) is 0 Å². The Bertz CT molecular complexity index is 410. The van der Waals surface area contributed by atoms with E-state index in [-0.39, 0.29) is 6.09 Å². The zero-order chi connectivity index (χ0) is 15.0. The molecule has 6 nitrogen and oxygen atoms in total. The van der Waals surface area contributed by atoms with E-state index in [0.29, 0.717) is 6.54 Å². The van der Waals surface area contributed by atoms with E-state index in [0.717, 1.165) is 25.9 Å². The van der Waals surface area contributed by atoms with Crippen molar-refractivity contribution in [3.05, 3.63) is 18.0 Å². The molecule has 0 saturated heterocycles. The van der Waals surface area contributed by atoms with Crippen LogP contribution in [0, 0.1) is 0 Å². The van der Waals surface area contributed by atoms with Gasteiger partial charge < -0.3 is 15.4 Å². The number of amides is 1. The first-order valence-electron chi connectivity index (χ1n) is 7.02. The number of aryl methyl sites for hydroxylation is 1. The van der Waals surface area contributed by atoms with Crippen LogP contribution in [0.3, 0.4) is 0 Å². The van der Waals surface area contributed by atoms with Gasteiger partial charge in [0.25, 0.3) is 0 Å². The van der Waals surface area contributed by atoms with Gasteiger partial charge in [0.1, 0.15) is 5.60 Å². The first-order valence-corrected chi connectivity index (χ1v) is 7.02. The number of nitrogens with zero attached hydrogens (tertiary/aromatic N) is 2. The molecule has 0 aromatic carbocycles. The molecule has 0 aliphatic rings. The van der Waals surface area contributed by atoms with E-state index in [1.807, 2.05) is 40.2 Å². The maximum absolute atomic E-state index is 11.4. The van der Waals surface area contributed by atoms with Gasteiger partial charge in [-0.2, -0.15) is 5.10 Å². The van der Waals surface area contributed by atoms with Crippen LogP contribution < -0.4 is 10.6 Å². The van der Waals surface area contributed by atoms with Gasteiger partial charge in [0.15, 0.2) is 0 Å². The quantitative estimate of drug-likeness (QED) is 0.743. The molecular formula is C14H26N4O2. The predicted octanol–water partition coefficient (Wildman–Crippen LogP) is 1.47. The summed E-state index contributed by atoms with van der Waals surface area (Å²) >= 11 is 0. The molecule has 0 spiro atoms. The molecule has 0 radical (unpaired) electrons. The van der Waals surface area contributed by atoms with Crippen LogP contribution >= 0.6 is 0 Å². The van der Waals surface area contributed by atoms with Crippen molar-refractivity contribution < 1.29 is 9.53 Å². The molecule has 114 valence electrons. The molecule has 6 heteroatoms. The van der Waals surface area contributed by atoms with Crippen molar-refractivity contribution >= 4 is 6.09 Å². The summed E-state index contributed by atoms with van der Waals surface area (Å²) < 4.78 is 6.95. The van der Waals surface area contributed by atoms with Gasteiger partial charge in [-0.05, 0) is 52.3 Å². The molecule has 0 aliphatic heterocycles. The third-order valence-corrected chi connectivity index (χ3v) is 2.55. The number of carbonyl (C=O) groups excluding carboxylic acids is 1. The molecule has 0 saturated carbocycles. The van der Waals surface area contributed by atoms with Gasteiger partial charge in [0.2, 0.25) is 0 Å². The maximum atomic E-state index is 11.4. The summed E-state index contributed by atoms with van der Waals surface area (Å²) in [5, 5.41) is 10.2. The van der Waals surface area contributed by atoms with Crippen molar-refractivity contribution in [2.24, 2.45) is 7.05 Å². The van der Waals surface area contributed by atoms with Gasteiger partial charge in [-0.15, -0.1) is 0 Å². The summed E-state index contributed by atoms with van der Waals surface area (Å²) in [6, 6.07) is 0. The SMILES string of the molecule is Cn1cc(CCNCCCNC(=O)OC(C)(C)C)cn1. The lowest BCUT2D eigenvalue weighted by Gasteiger charge is -2.19. The van der Waals surface area contributed by atoms with Crippen molar-refractivity contribution in [3.8, 4) is 0 Å². The summed E-state index contributed by atoms with van der Waals surface area (Å²) in [5.41, 5.74) is 0.790. The highest BCUT2D eigenvalue weighted by molar-refractivity contribution is 5.67. The second-order valence-electron chi connectivity index (χ2n) is 5.80. The number of carbonyl (C=O) groups is 1. The van der Waals surface area contributed by atoms with Crippen LogP contribution in [0.15, 0.2) is 12.4 Å². The van der Waals surface area contributed by atoms with Crippen molar-refractivity contribution in [3.63, 3.8) is 0 Å². The lowest BCUT2D eigenvalue weighted by Crippen LogP contribution is -2.34. The summed E-state index contributed by atoms with van der Waals surface area (Å²) in [6.07, 6.45) is 5.39. The van der Waals surface area contributed by atoms with Gasteiger partial charge in [-0.1, -0.05) is 0 Å². The number of ether oxygens (including phenoxy) is 1. The Kier molecular flexibility index (Phi) is 6.51. The standard InChI is InChI=1S/C14H26N4O2/c1-14(2,3)20-13(19)16-8-5-7-15-9-6-12-10-17-18(4)11-12/h10-11,15H,5-9H2,1-4H3,(H,16,19). The third-order valence-electron chi connectivity index (χ3n) is 2.55. The number of rotatable bonds is 7. The number of nitrogens with one attached hydrogen (secondary N) is 2. The summed E-state index contributed by atoms with van der Waals surface area (Å²) in [7, 11) is 1.92. The highest BCUT2D eigenvalue weighted by Crippen LogP contribution is 2.06. The van der Waals surface area contributed by atoms with Crippen molar-refractivity contribution in [2.75, 3.05) is 19.6 Å². The average Bonchev–Trinajstić information content (AvgIpc) is 2.71. The van der Waals surface area contributed by atoms with Gasteiger partial charge in [0, 0.05) is 19.8 Å². The molecule has 0 fully saturated rings. The van der Waals surface area contributed by atoms with E-state index >= 15 is 0 Å². The molecule has 1 aromatic heterocycles. The van der Waals surface area contributed by atoms with Crippen LogP contribution in [0.4, 0.5) is 4.79 Å². The highest BCUT2D eigenvalue weighted by atomic mass is 16.6. The highest BCUT2D eigenvalue weighted by Gasteiger charge is 2.15. The van der Waals surface area contributed by atoms with Crippen LogP contribution in [-0.2, 0) is 18.2 Å². The van der Waals surface area contributed by atoms with Crippen molar-refractivity contribution in [1.29, 1.82) is 0 Å². The van der Waals surface area contributed by atoms with Gasteiger partial charge in [0.05, 0.1) is 6.20 Å². The molecule has 20 heavy (non-hydrogen) atoms. The topological polar surface area (TPSA) is 68.2 Å². The summed E-state index contributed by atoms with van der Waals surface area (Å²) in [6.45, 7) is 7.97. The minimum absolute atomic E-state index is 0.354. The fraction of sp³-hybridized carbons (Fsp3) is 0.714. The smallest absolute Gasteiger partial charge is 0.407 e. The fourth-order valence-electron chi connectivity index (χ4n) is 1.68. The molecule has 0 bridgehead atoms. The molecule has 0 aliphatic carbocycles. The Morgan fingerprint density at radius 2 is 2.10 bits per heavy atom. The van der Waals surface area contributed by atoms with Gasteiger partial charge in [-0.3, -0.25) is 4.68 Å². The molecule has 2 N–H and O–H groups in total. The first-order chi connectivity index (χ1) is 9.37. The third kappa shape index (κ3) is 7.78. The lowest BCUT2D eigenvalue weighted by atomic mass is 10.2. The molecule has 0 atom stereocenters. The summed E-state index contributed by atoms with van der Waals surface area (Å²) in [4.78, 5) is 11.4. The first kappa shape index (κ1) is 16.5. The van der Waals surface area contributed by atoms with Gasteiger partial charge in [-0.25, -0.2) is 4.79 Å². The fourth-order valence-corrected chi connectivity index (χ4v) is 1.68. The van der Waals surface area contributed by atoms with E-state index < -0.39 is 5.60 Å². The Balaban J connectivity index is 1.96. The number of aromatic nitrogens is 2. The van der Waals surface area contributed by atoms with E-state index in [2.05, 4.69) is 15.7 Å². The lowest BCUT2D eigenvalue weighted by molar-refractivity contribution is 0.0527. The Hall–Kier alpha value is -1.56. The van der Waals surface area contributed by atoms with Crippen LogP contribution in [0.25, 0.3) is 0 Å². The number of hydrogen-bond acceptors (Lipinski definition) is 4. The molecule has 1 aromatic rings. The van der Waals surface area contributed by atoms with Crippen LogP contribution in [0.5, 0.6) is 0 Å². The zero-order valence-corrected chi connectivity index (χ0v) is 12.9. The maximum Gasteiger partial charge on any atom is 0.407 e. The minimum atomic E-state index is -0.438.